The number of hydrogen-bond acceptors (Lipinski definition) is 3. The van der Waals surface area contributed by atoms with Gasteiger partial charge in [-0.2, -0.15) is 0 Å². The second-order valence-corrected chi connectivity index (χ2v) is 6.14. The smallest absolute Gasteiger partial charge is 0.202 e. The van der Waals surface area contributed by atoms with Crippen molar-refractivity contribution >= 4 is 5.95 Å². The highest BCUT2D eigenvalue weighted by Gasteiger charge is 2.18. The Kier molecular flexibility index (Phi) is 6.37. The Morgan fingerprint density at radius 2 is 2.35 bits per heavy atom. The molecule has 4 nitrogen and oxygen atoms in total. The molecule has 1 N–H and O–H groups in total. The Morgan fingerprint density at radius 1 is 1.45 bits per heavy atom. The molecule has 1 fully saturated rings. The molecule has 2 unspecified atom stereocenters. The molecule has 1 aromatic heterocycles. The molecule has 2 rings (SSSR count). The first kappa shape index (κ1) is 15.4. The summed E-state index contributed by atoms with van der Waals surface area (Å²) in [6, 6.07) is 0. The average Bonchev–Trinajstić information content (AvgIpc) is 2.87. The van der Waals surface area contributed by atoms with Crippen molar-refractivity contribution in [3.05, 3.63) is 12.4 Å². The van der Waals surface area contributed by atoms with Crippen molar-refractivity contribution in [1.29, 1.82) is 0 Å². The number of rotatable bonds is 8. The van der Waals surface area contributed by atoms with E-state index in [0.29, 0.717) is 0 Å². The maximum atomic E-state index is 5.10. The third-order valence-electron chi connectivity index (χ3n) is 4.34. The Bertz CT molecular complexity index is 378. The minimum atomic E-state index is 0.803. The van der Waals surface area contributed by atoms with Gasteiger partial charge in [0.05, 0.1) is 0 Å². The van der Waals surface area contributed by atoms with Crippen LogP contribution in [0.2, 0.25) is 0 Å². The molecule has 1 aliphatic carbocycles. The van der Waals surface area contributed by atoms with Gasteiger partial charge in [-0.1, -0.05) is 26.2 Å². The third-order valence-corrected chi connectivity index (χ3v) is 4.34. The molecule has 0 aromatic carbocycles. The molecule has 1 aromatic rings. The molecule has 0 saturated heterocycles. The van der Waals surface area contributed by atoms with Crippen molar-refractivity contribution in [2.45, 2.75) is 52.0 Å². The Morgan fingerprint density at radius 3 is 3.15 bits per heavy atom. The zero-order valence-corrected chi connectivity index (χ0v) is 13.0. The number of nitrogens with one attached hydrogen (secondary N) is 1. The van der Waals surface area contributed by atoms with Crippen LogP contribution in [0.5, 0.6) is 0 Å². The van der Waals surface area contributed by atoms with E-state index in [9.17, 15) is 0 Å². The van der Waals surface area contributed by atoms with Crippen molar-refractivity contribution in [2.75, 3.05) is 25.6 Å². The molecule has 20 heavy (non-hydrogen) atoms. The van der Waals surface area contributed by atoms with E-state index < -0.39 is 0 Å². The fraction of sp³-hybridized carbons (Fsp3) is 0.812. The number of methoxy groups -OCH3 is 1. The zero-order valence-electron chi connectivity index (χ0n) is 13.0. The lowest BCUT2D eigenvalue weighted by atomic mass is 9.81. The fourth-order valence-electron chi connectivity index (χ4n) is 3.25. The summed E-state index contributed by atoms with van der Waals surface area (Å²) in [5, 5.41) is 3.49. The molecule has 1 saturated carbocycles. The van der Waals surface area contributed by atoms with Crippen LogP contribution in [-0.4, -0.2) is 29.8 Å². The van der Waals surface area contributed by atoms with Gasteiger partial charge >= 0.3 is 0 Å². The van der Waals surface area contributed by atoms with Gasteiger partial charge in [0.25, 0.3) is 0 Å². The second kappa shape index (κ2) is 8.30. The van der Waals surface area contributed by atoms with Gasteiger partial charge < -0.3 is 14.6 Å². The van der Waals surface area contributed by atoms with Crippen molar-refractivity contribution in [3.8, 4) is 0 Å². The maximum Gasteiger partial charge on any atom is 0.202 e. The van der Waals surface area contributed by atoms with E-state index in [4.69, 9.17) is 4.74 Å². The Hall–Kier alpha value is -1.03. The first-order valence-corrected chi connectivity index (χ1v) is 8.03. The van der Waals surface area contributed by atoms with Crippen molar-refractivity contribution in [3.63, 3.8) is 0 Å². The molecule has 0 radical (unpaired) electrons. The van der Waals surface area contributed by atoms with Crippen LogP contribution in [0.3, 0.4) is 0 Å². The number of aromatic nitrogens is 2. The SMILES string of the molecule is COCCCn1ccnc1NCCC1CCCC(C)C1. The summed E-state index contributed by atoms with van der Waals surface area (Å²) in [6.45, 7) is 5.20. The maximum absolute atomic E-state index is 5.10. The van der Waals surface area contributed by atoms with Crippen molar-refractivity contribution in [2.24, 2.45) is 11.8 Å². The van der Waals surface area contributed by atoms with Gasteiger partial charge in [0, 0.05) is 39.2 Å². The van der Waals surface area contributed by atoms with E-state index in [-0.39, 0.29) is 0 Å². The van der Waals surface area contributed by atoms with Gasteiger partial charge in [-0.25, -0.2) is 4.98 Å². The summed E-state index contributed by atoms with van der Waals surface area (Å²) in [5.74, 6) is 2.83. The molecule has 0 amide bonds. The van der Waals surface area contributed by atoms with E-state index in [1.165, 1.54) is 32.1 Å². The predicted molar refractivity (Wildman–Crippen MR) is 82.9 cm³/mol. The largest absolute Gasteiger partial charge is 0.385 e. The van der Waals surface area contributed by atoms with Crippen molar-refractivity contribution in [1.82, 2.24) is 9.55 Å². The van der Waals surface area contributed by atoms with E-state index in [1.54, 1.807) is 7.11 Å². The predicted octanol–water partition coefficient (Wildman–Crippen LogP) is 3.55. The summed E-state index contributed by atoms with van der Waals surface area (Å²) < 4.78 is 7.28. The van der Waals surface area contributed by atoms with E-state index in [1.807, 2.05) is 12.4 Å². The van der Waals surface area contributed by atoms with Crippen LogP contribution in [0.1, 0.15) is 45.4 Å². The minimum absolute atomic E-state index is 0.803. The highest BCUT2D eigenvalue weighted by atomic mass is 16.5. The highest BCUT2D eigenvalue weighted by Crippen LogP contribution is 2.30. The van der Waals surface area contributed by atoms with E-state index >= 15 is 0 Å². The van der Waals surface area contributed by atoms with Crippen LogP contribution in [0.25, 0.3) is 0 Å². The van der Waals surface area contributed by atoms with Gasteiger partial charge in [-0.3, -0.25) is 0 Å². The lowest BCUT2D eigenvalue weighted by molar-refractivity contribution is 0.190. The standard InChI is InChI=1S/C16H29N3O/c1-14-5-3-6-15(13-14)7-8-17-16-18-9-11-19(16)10-4-12-20-2/h9,11,14-15H,3-8,10,12-13H2,1-2H3,(H,17,18). The first-order valence-electron chi connectivity index (χ1n) is 8.03. The summed E-state index contributed by atoms with van der Waals surface area (Å²) in [5.41, 5.74) is 0. The van der Waals surface area contributed by atoms with Crippen LogP contribution in [0.15, 0.2) is 12.4 Å². The molecule has 4 heteroatoms. The molecule has 0 bridgehead atoms. The lowest BCUT2D eigenvalue weighted by Crippen LogP contribution is -2.17. The average molecular weight is 279 g/mol. The van der Waals surface area contributed by atoms with Gasteiger partial charge in [-0.05, 0) is 31.1 Å². The summed E-state index contributed by atoms with van der Waals surface area (Å²) in [4.78, 5) is 4.40. The molecule has 0 spiro atoms. The zero-order chi connectivity index (χ0) is 14.2. The number of ether oxygens (including phenoxy) is 1. The molecular weight excluding hydrogens is 250 g/mol. The minimum Gasteiger partial charge on any atom is -0.385 e. The molecule has 2 atom stereocenters. The lowest BCUT2D eigenvalue weighted by Gasteiger charge is -2.26. The highest BCUT2D eigenvalue weighted by molar-refractivity contribution is 5.25. The topological polar surface area (TPSA) is 39.1 Å². The quantitative estimate of drug-likeness (QED) is 0.740. The number of anilines is 1. The van der Waals surface area contributed by atoms with Gasteiger partial charge in [0.1, 0.15) is 0 Å². The Balaban J connectivity index is 1.69. The number of imidazole rings is 1. The fourth-order valence-corrected chi connectivity index (χ4v) is 3.25. The van der Waals surface area contributed by atoms with Crippen molar-refractivity contribution < 1.29 is 4.74 Å². The number of hydrogen-bond donors (Lipinski definition) is 1. The summed E-state index contributed by atoms with van der Waals surface area (Å²) >= 11 is 0. The van der Waals surface area contributed by atoms with Gasteiger partial charge in [0.2, 0.25) is 5.95 Å². The van der Waals surface area contributed by atoms with Crippen LogP contribution in [0, 0.1) is 11.8 Å². The molecule has 1 aliphatic rings. The Labute approximate surface area is 122 Å². The first-order chi connectivity index (χ1) is 9.79. The monoisotopic (exact) mass is 279 g/mol. The molecule has 0 aliphatic heterocycles. The number of aryl methyl sites for hydroxylation is 1. The molecular formula is C16H29N3O. The van der Waals surface area contributed by atoms with Gasteiger partial charge in [0.15, 0.2) is 0 Å². The number of nitrogens with zero attached hydrogens (tertiary/aromatic N) is 2. The van der Waals surface area contributed by atoms with Crippen LogP contribution >= 0.6 is 0 Å². The molecule has 1 heterocycles. The third kappa shape index (κ3) is 4.82. The summed E-state index contributed by atoms with van der Waals surface area (Å²) in [6.07, 6.45) is 11.9. The van der Waals surface area contributed by atoms with Crippen LogP contribution < -0.4 is 5.32 Å². The summed E-state index contributed by atoms with van der Waals surface area (Å²) in [7, 11) is 1.75. The van der Waals surface area contributed by atoms with E-state index in [0.717, 1.165) is 43.9 Å². The normalized spacial score (nSPS) is 22.9. The second-order valence-electron chi connectivity index (χ2n) is 6.14. The molecule has 114 valence electrons. The van der Waals surface area contributed by atoms with E-state index in [2.05, 4.69) is 21.8 Å². The van der Waals surface area contributed by atoms with Crippen LogP contribution in [0.4, 0.5) is 5.95 Å². The van der Waals surface area contributed by atoms with Gasteiger partial charge in [-0.15, -0.1) is 0 Å². The van der Waals surface area contributed by atoms with Crippen LogP contribution in [-0.2, 0) is 11.3 Å².